The van der Waals surface area contributed by atoms with E-state index in [1.165, 1.54) is 0 Å². The van der Waals surface area contributed by atoms with Crippen LogP contribution in [0.2, 0.25) is 5.02 Å². The van der Waals surface area contributed by atoms with E-state index in [0.717, 1.165) is 21.6 Å². The molecule has 0 bridgehead atoms. The first kappa shape index (κ1) is 12.6. The third kappa shape index (κ3) is 3.81. The van der Waals surface area contributed by atoms with Gasteiger partial charge in [-0.05, 0) is 30.3 Å². The molecule has 3 nitrogen and oxygen atoms in total. The van der Waals surface area contributed by atoms with Crippen LogP contribution in [-0.4, -0.2) is 10.2 Å². The Labute approximate surface area is 118 Å². The van der Waals surface area contributed by atoms with Crippen LogP contribution in [0.4, 0.5) is 0 Å². The minimum atomic E-state index is 0.398. The molecule has 1 aromatic carbocycles. The van der Waals surface area contributed by atoms with Gasteiger partial charge in [0, 0.05) is 9.45 Å². The molecule has 88 valence electrons. The number of ether oxygens (including phenoxy) is 1. The maximum atomic E-state index is 5.86. The summed E-state index contributed by atoms with van der Waals surface area (Å²) in [5.74, 6) is 0.734. The maximum Gasteiger partial charge on any atom is 0.132 e. The van der Waals surface area contributed by atoms with Gasteiger partial charge in [0.15, 0.2) is 0 Å². The minimum Gasteiger partial charge on any atom is -0.487 e. The molecule has 0 amide bonds. The SMILES string of the molecule is Clc1cccc(OCc2ccc(CI)nn2)c1. The van der Waals surface area contributed by atoms with E-state index in [-0.39, 0.29) is 0 Å². The molecule has 2 rings (SSSR count). The molecule has 0 aliphatic rings. The van der Waals surface area contributed by atoms with Crippen molar-refractivity contribution in [2.75, 3.05) is 0 Å². The number of hydrogen-bond acceptors (Lipinski definition) is 3. The van der Waals surface area contributed by atoms with Crippen LogP contribution in [-0.2, 0) is 11.0 Å². The summed E-state index contributed by atoms with van der Waals surface area (Å²) in [6, 6.07) is 11.2. The number of benzene rings is 1. The minimum absolute atomic E-state index is 0.398. The van der Waals surface area contributed by atoms with Crippen LogP contribution in [0.5, 0.6) is 5.75 Å². The number of halogens is 2. The molecule has 0 saturated heterocycles. The second-order valence-electron chi connectivity index (χ2n) is 3.40. The normalized spacial score (nSPS) is 10.2. The average Bonchev–Trinajstić information content (AvgIpc) is 2.37. The lowest BCUT2D eigenvalue weighted by atomic mass is 10.3. The van der Waals surface area contributed by atoms with Crippen LogP contribution in [0, 0.1) is 0 Å². The highest BCUT2D eigenvalue weighted by molar-refractivity contribution is 14.1. The van der Waals surface area contributed by atoms with Crippen LogP contribution in [0.25, 0.3) is 0 Å². The summed E-state index contributed by atoms with van der Waals surface area (Å²) < 4.78 is 6.42. The first-order chi connectivity index (χ1) is 8.28. The van der Waals surface area contributed by atoms with Crippen LogP contribution in [0.3, 0.4) is 0 Å². The monoisotopic (exact) mass is 360 g/mol. The zero-order chi connectivity index (χ0) is 12.1. The lowest BCUT2D eigenvalue weighted by Crippen LogP contribution is -2.00. The Bertz CT molecular complexity index is 490. The smallest absolute Gasteiger partial charge is 0.132 e. The second-order valence-corrected chi connectivity index (χ2v) is 4.59. The zero-order valence-electron chi connectivity index (χ0n) is 8.94. The third-order valence-electron chi connectivity index (χ3n) is 2.09. The van der Waals surface area contributed by atoms with Gasteiger partial charge in [0.1, 0.15) is 18.1 Å². The largest absolute Gasteiger partial charge is 0.487 e. The fourth-order valence-corrected chi connectivity index (χ4v) is 1.84. The molecule has 0 spiro atoms. The number of hydrogen-bond donors (Lipinski definition) is 0. The maximum absolute atomic E-state index is 5.86. The highest BCUT2D eigenvalue weighted by Gasteiger charge is 1.99. The predicted octanol–water partition coefficient (Wildman–Crippen LogP) is 3.64. The summed E-state index contributed by atoms with van der Waals surface area (Å²) >= 11 is 8.11. The summed E-state index contributed by atoms with van der Waals surface area (Å²) in [5.41, 5.74) is 1.77. The van der Waals surface area contributed by atoms with E-state index < -0.39 is 0 Å². The van der Waals surface area contributed by atoms with Crippen molar-refractivity contribution in [2.45, 2.75) is 11.0 Å². The summed E-state index contributed by atoms with van der Waals surface area (Å²) in [7, 11) is 0. The van der Waals surface area contributed by atoms with Gasteiger partial charge in [-0.15, -0.1) is 0 Å². The number of aromatic nitrogens is 2. The first-order valence-electron chi connectivity index (χ1n) is 5.04. The molecule has 0 radical (unpaired) electrons. The molecule has 0 atom stereocenters. The number of nitrogens with zero attached hydrogens (tertiary/aromatic N) is 2. The molecule has 2 aromatic rings. The molecule has 0 aliphatic heterocycles. The van der Waals surface area contributed by atoms with Gasteiger partial charge in [0.05, 0.1) is 5.69 Å². The fourth-order valence-electron chi connectivity index (χ4n) is 1.25. The van der Waals surface area contributed by atoms with Crippen molar-refractivity contribution in [3.63, 3.8) is 0 Å². The van der Waals surface area contributed by atoms with Gasteiger partial charge in [-0.1, -0.05) is 40.3 Å². The van der Waals surface area contributed by atoms with Gasteiger partial charge >= 0.3 is 0 Å². The van der Waals surface area contributed by atoms with E-state index in [0.29, 0.717) is 11.6 Å². The third-order valence-corrected chi connectivity index (χ3v) is 3.11. The highest BCUT2D eigenvalue weighted by Crippen LogP contribution is 2.17. The average molecular weight is 361 g/mol. The topological polar surface area (TPSA) is 35.0 Å². The Morgan fingerprint density at radius 1 is 1.12 bits per heavy atom. The van der Waals surface area contributed by atoms with Gasteiger partial charge in [0.25, 0.3) is 0 Å². The van der Waals surface area contributed by atoms with Crippen molar-refractivity contribution < 1.29 is 4.74 Å². The lowest BCUT2D eigenvalue weighted by molar-refractivity contribution is 0.299. The van der Waals surface area contributed by atoms with Crippen molar-refractivity contribution in [3.05, 3.63) is 52.8 Å². The van der Waals surface area contributed by atoms with Crippen molar-refractivity contribution in [2.24, 2.45) is 0 Å². The summed E-state index contributed by atoms with van der Waals surface area (Å²) in [6.45, 7) is 0.398. The molecule has 0 saturated carbocycles. The van der Waals surface area contributed by atoms with Gasteiger partial charge in [0.2, 0.25) is 0 Å². The van der Waals surface area contributed by atoms with E-state index >= 15 is 0 Å². The number of alkyl halides is 1. The van der Waals surface area contributed by atoms with Crippen molar-refractivity contribution in [1.82, 2.24) is 10.2 Å². The molecule has 0 unspecified atom stereocenters. The van der Waals surface area contributed by atoms with Crippen molar-refractivity contribution in [1.29, 1.82) is 0 Å². The summed E-state index contributed by atoms with van der Waals surface area (Å²) in [6.07, 6.45) is 0. The van der Waals surface area contributed by atoms with Crippen LogP contribution < -0.4 is 4.74 Å². The lowest BCUT2D eigenvalue weighted by Gasteiger charge is -2.05. The van der Waals surface area contributed by atoms with Gasteiger partial charge in [-0.25, -0.2) is 0 Å². The van der Waals surface area contributed by atoms with E-state index in [9.17, 15) is 0 Å². The zero-order valence-corrected chi connectivity index (χ0v) is 11.9. The quantitative estimate of drug-likeness (QED) is 0.617. The van der Waals surface area contributed by atoms with E-state index in [1.54, 1.807) is 6.07 Å². The van der Waals surface area contributed by atoms with Crippen molar-refractivity contribution >= 4 is 34.2 Å². The molecule has 1 heterocycles. The van der Waals surface area contributed by atoms with Crippen LogP contribution in [0.1, 0.15) is 11.4 Å². The molecule has 17 heavy (non-hydrogen) atoms. The molecule has 0 fully saturated rings. The Hall–Kier alpha value is -0.880. The molecule has 5 heteroatoms. The van der Waals surface area contributed by atoms with E-state index in [1.807, 2.05) is 30.3 Å². The molecule has 1 aromatic heterocycles. The molecular formula is C12H10ClIN2O. The van der Waals surface area contributed by atoms with E-state index in [4.69, 9.17) is 16.3 Å². The van der Waals surface area contributed by atoms with Crippen LogP contribution >= 0.6 is 34.2 Å². The highest BCUT2D eigenvalue weighted by atomic mass is 127. The first-order valence-corrected chi connectivity index (χ1v) is 6.94. The Balaban J connectivity index is 1.97. The van der Waals surface area contributed by atoms with Gasteiger partial charge < -0.3 is 4.74 Å². The fraction of sp³-hybridized carbons (Fsp3) is 0.167. The Morgan fingerprint density at radius 2 is 1.88 bits per heavy atom. The Kier molecular flexibility index (Phi) is 4.56. The molecule has 0 aliphatic carbocycles. The van der Waals surface area contributed by atoms with Gasteiger partial charge in [-0.2, -0.15) is 10.2 Å². The Morgan fingerprint density at radius 3 is 2.53 bits per heavy atom. The molecular weight excluding hydrogens is 351 g/mol. The second kappa shape index (κ2) is 6.16. The van der Waals surface area contributed by atoms with Gasteiger partial charge in [-0.3, -0.25) is 0 Å². The predicted molar refractivity (Wildman–Crippen MR) is 75.5 cm³/mol. The van der Waals surface area contributed by atoms with Crippen molar-refractivity contribution in [3.8, 4) is 5.75 Å². The summed E-state index contributed by atoms with van der Waals surface area (Å²) in [5, 5.41) is 8.80. The van der Waals surface area contributed by atoms with Crippen LogP contribution in [0.15, 0.2) is 36.4 Å². The number of rotatable bonds is 4. The molecule has 0 N–H and O–H groups in total. The van der Waals surface area contributed by atoms with E-state index in [2.05, 4.69) is 32.8 Å². The summed E-state index contributed by atoms with van der Waals surface area (Å²) in [4.78, 5) is 0. The standard InChI is InChI=1S/C12H10ClIN2O/c13-9-2-1-3-12(6-9)17-8-11-5-4-10(7-14)15-16-11/h1-6H,7-8H2.